The number of hydrogen-bond acceptors (Lipinski definition) is 3. The van der Waals surface area contributed by atoms with Gasteiger partial charge in [-0.05, 0) is 38.3 Å². The highest BCUT2D eigenvalue weighted by atomic mass is 16.1. The summed E-state index contributed by atoms with van der Waals surface area (Å²) in [4.78, 5) is 14.5. The molecular formula is C15H22N2O. The molecule has 0 spiro atoms. The Balaban J connectivity index is 2.01. The van der Waals surface area contributed by atoms with Gasteiger partial charge in [-0.2, -0.15) is 0 Å². The van der Waals surface area contributed by atoms with Crippen LogP contribution in [0.5, 0.6) is 0 Å². The van der Waals surface area contributed by atoms with Crippen LogP contribution in [0.3, 0.4) is 0 Å². The largest absolute Gasteiger partial charge is 0.328 e. The van der Waals surface area contributed by atoms with Crippen molar-refractivity contribution in [3.63, 3.8) is 0 Å². The molecule has 0 atom stereocenters. The highest BCUT2D eigenvalue weighted by Crippen LogP contribution is 2.14. The topological polar surface area (TPSA) is 46.3 Å². The van der Waals surface area contributed by atoms with E-state index in [0.29, 0.717) is 12.6 Å². The summed E-state index contributed by atoms with van der Waals surface area (Å²) in [5.74, 6) is 0.228. The van der Waals surface area contributed by atoms with Crippen molar-refractivity contribution >= 4 is 5.78 Å². The molecule has 0 bridgehead atoms. The molecule has 1 fully saturated rings. The van der Waals surface area contributed by atoms with E-state index in [-0.39, 0.29) is 5.78 Å². The van der Waals surface area contributed by atoms with Gasteiger partial charge in [0.25, 0.3) is 0 Å². The second kappa shape index (κ2) is 5.63. The molecule has 3 nitrogen and oxygen atoms in total. The highest BCUT2D eigenvalue weighted by molar-refractivity contribution is 5.99. The van der Waals surface area contributed by atoms with Gasteiger partial charge in [0.15, 0.2) is 5.78 Å². The van der Waals surface area contributed by atoms with Crippen LogP contribution in [-0.4, -0.2) is 36.4 Å². The first-order valence-electron chi connectivity index (χ1n) is 6.64. The van der Waals surface area contributed by atoms with Gasteiger partial charge in [-0.3, -0.25) is 9.69 Å². The van der Waals surface area contributed by atoms with Crippen molar-refractivity contribution in [3.05, 3.63) is 34.9 Å². The van der Waals surface area contributed by atoms with E-state index in [1.165, 1.54) is 0 Å². The fourth-order valence-electron chi connectivity index (χ4n) is 2.44. The van der Waals surface area contributed by atoms with Gasteiger partial charge in [0.2, 0.25) is 0 Å². The van der Waals surface area contributed by atoms with Crippen LogP contribution in [0.2, 0.25) is 0 Å². The first-order valence-corrected chi connectivity index (χ1v) is 6.64. The lowest BCUT2D eigenvalue weighted by atomic mass is 10.0. The van der Waals surface area contributed by atoms with Gasteiger partial charge in [0.05, 0.1) is 6.54 Å². The van der Waals surface area contributed by atoms with Gasteiger partial charge in [-0.1, -0.05) is 17.7 Å². The highest BCUT2D eigenvalue weighted by Gasteiger charge is 2.19. The number of likely N-dealkylation sites (tertiary alicyclic amines) is 1. The Morgan fingerprint density at radius 1 is 1.33 bits per heavy atom. The molecule has 0 amide bonds. The number of piperidine rings is 1. The summed E-state index contributed by atoms with van der Waals surface area (Å²) >= 11 is 0. The van der Waals surface area contributed by atoms with Gasteiger partial charge in [-0.15, -0.1) is 0 Å². The standard InChI is InChI=1S/C15H22N2O/c1-11-3-4-12(2)14(9-11)15(18)10-17-7-5-13(16)6-8-17/h3-4,9,13H,5-8,10,16H2,1-2H3. The summed E-state index contributed by atoms with van der Waals surface area (Å²) < 4.78 is 0. The minimum absolute atomic E-state index is 0.228. The predicted molar refractivity (Wildman–Crippen MR) is 73.9 cm³/mol. The smallest absolute Gasteiger partial charge is 0.177 e. The first-order chi connectivity index (χ1) is 8.56. The van der Waals surface area contributed by atoms with E-state index in [2.05, 4.69) is 4.90 Å². The molecule has 1 aromatic carbocycles. The normalized spacial score (nSPS) is 17.9. The quantitative estimate of drug-likeness (QED) is 0.829. The van der Waals surface area contributed by atoms with E-state index < -0.39 is 0 Å². The average molecular weight is 246 g/mol. The molecule has 0 saturated carbocycles. The fraction of sp³-hybridized carbons (Fsp3) is 0.533. The van der Waals surface area contributed by atoms with E-state index >= 15 is 0 Å². The van der Waals surface area contributed by atoms with Gasteiger partial charge >= 0.3 is 0 Å². The lowest BCUT2D eigenvalue weighted by molar-refractivity contribution is 0.0909. The van der Waals surface area contributed by atoms with Gasteiger partial charge in [0, 0.05) is 24.7 Å². The van der Waals surface area contributed by atoms with E-state index in [1.54, 1.807) is 0 Å². The minimum atomic E-state index is 0.228. The van der Waals surface area contributed by atoms with E-state index in [9.17, 15) is 4.79 Å². The monoisotopic (exact) mass is 246 g/mol. The Morgan fingerprint density at radius 3 is 2.67 bits per heavy atom. The molecule has 0 aromatic heterocycles. The molecule has 1 aromatic rings. The first kappa shape index (κ1) is 13.2. The fourth-order valence-corrected chi connectivity index (χ4v) is 2.44. The summed E-state index contributed by atoms with van der Waals surface area (Å²) in [6, 6.07) is 6.38. The third-order valence-electron chi connectivity index (χ3n) is 3.69. The molecule has 3 heteroatoms. The molecule has 0 radical (unpaired) electrons. The lowest BCUT2D eigenvalue weighted by Gasteiger charge is -2.29. The predicted octanol–water partition coefficient (Wildman–Crippen LogP) is 1.91. The van der Waals surface area contributed by atoms with Crippen LogP contribution in [-0.2, 0) is 0 Å². The molecular weight excluding hydrogens is 224 g/mol. The Bertz CT molecular complexity index is 434. The Kier molecular flexibility index (Phi) is 4.15. The maximum atomic E-state index is 12.3. The number of ketones is 1. The molecule has 0 unspecified atom stereocenters. The van der Waals surface area contributed by atoms with Crippen molar-refractivity contribution in [2.75, 3.05) is 19.6 Å². The van der Waals surface area contributed by atoms with E-state index in [4.69, 9.17) is 5.73 Å². The maximum absolute atomic E-state index is 12.3. The molecule has 0 aliphatic carbocycles. The SMILES string of the molecule is Cc1ccc(C)c(C(=O)CN2CCC(N)CC2)c1. The Labute approximate surface area is 109 Å². The zero-order chi connectivity index (χ0) is 13.1. The zero-order valence-electron chi connectivity index (χ0n) is 11.3. The average Bonchev–Trinajstić information content (AvgIpc) is 2.35. The van der Waals surface area contributed by atoms with Crippen LogP contribution in [0, 0.1) is 13.8 Å². The number of nitrogens with two attached hydrogens (primary N) is 1. The summed E-state index contributed by atoms with van der Waals surface area (Å²) in [5.41, 5.74) is 8.95. The van der Waals surface area contributed by atoms with Crippen molar-refractivity contribution in [1.29, 1.82) is 0 Å². The summed E-state index contributed by atoms with van der Waals surface area (Å²) in [5, 5.41) is 0. The van der Waals surface area contributed by atoms with Crippen LogP contribution < -0.4 is 5.73 Å². The van der Waals surface area contributed by atoms with Crippen molar-refractivity contribution in [2.45, 2.75) is 32.7 Å². The number of Topliss-reactive ketones (excluding diaryl/α,β-unsaturated/α-hetero) is 1. The molecule has 18 heavy (non-hydrogen) atoms. The van der Waals surface area contributed by atoms with Crippen LogP contribution in [0.15, 0.2) is 18.2 Å². The Hall–Kier alpha value is -1.19. The van der Waals surface area contributed by atoms with Crippen molar-refractivity contribution in [2.24, 2.45) is 5.73 Å². The number of nitrogens with zero attached hydrogens (tertiary/aromatic N) is 1. The molecule has 1 heterocycles. The van der Waals surface area contributed by atoms with Crippen molar-refractivity contribution in [3.8, 4) is 0 Å². The van der Waals surface area contributed by atoms with Crippen LogP contribution in [0.1, 0.15) is 34.3 Å². The van der Waals surface area contributed by atoms with Crippen LogP contribution in [0.4, 0.5) is 0 Å². The molecule has 1 aliphatic rings. The number of carbonyl (C=O) groups excluding carboxylic acids is 1. The van der Waals surface area contributed by atoms with Gasteiger partial charge in [-0.25, -0.2) is 0 Å². The number of benzene rings is 1. The number of carbonyl (C=O) groups is 1. The lowest BCUT2D eigenvalue weighted by Crippen LogP contribution is -2.42. The number of hydrogen-bond donors (Lipinski definition) is 1. The summed E-state index contributed by atoms with van der Waals surface area (Å²) in [6.07, 6.45) is 2.00. The molecule has 2 rings (SSSR count). The third kappa shape index (κ3) is 3.18. The van der Waals surface area contributed by atoms with E-state index in [1.807, 2.05) is 32.0 Å². The number of rotatable bonds is 3. The molecule has 1 saturated heterocycles. The number of aryl methyl sites for hydroxylation is 2. The second-order valence-electron chi connectivity index (χ2n) is 5.36. The Morgan fingerprint density at radius 2 is 2.00 bits per heavy atom. The molecule has 98 valence electrons. The van der Waals surface area contributed by atoms with Gasteiger partial charge in [0.1, 0.15) is 0 Å². The summed E-state index contributed by atoms with van der Waals surface area (Å²) in [6.45, 7) is 6.43. The van der Waals surface area contributed by atoms with Crippen LogP contribution >= 0.6 is 0 Å². The van der Waals surface area contributed by atoms with Crippen molar-refractivity contribution in [1.82, 2.24) is 4.90 Å². The maximum Gasteiger partial charge on any atom is 0.177 e. The zero-order valence-corrected chi connectivity index (χ0v) is 11.3. The summed E-state index contributed by atoms with van der Waals surface area (Å²) in [7, 11) is 0. The van der Waals surface area contributed by atoms with E-state index in [0.717, 1.165) is 42.6 Å². The second-order valence-corrected chi connectivity index (χ2v) is 5.36. The minimum Gasteiger partial charge on any atom is -0.328 e. The van der Waals surface area contributed by atoms with Crippen molar-refractivity contribution < 1.29 is 4.79 Å². The van der Waals surface area contributed by atoms with Crippen LogP contribution in [0.25, 0.3) is 0 Å². The third-order valence-corrected chi connectivity index (χ3v) is 3.69. The van der Waals surface area contributed by atoms with Gasteiger partial charge < -0.3 is 5.73 Å². The molecule has 2 N–H and O–H groups in total. The molecule has 1 aliphatic heterocycles.